The van der Waals surface area contributed by atoms with E-state index in [0.29, 0.717) is 39.4 Å². The lowest BCUT2D eigenvalue weighted by Crippen LogP contribution is -2.14. The molecule has 5 heterocycles. The number of alkyl halides is 3. The molecule has 5 aromatic heterocycles. The van der Waals surface area contributed by atoms with Crippen molar-refractivity contribution in [3.8, 4) is 22.6 Å². The summed E-state index contributed by atoms with van der Waals surface area (Å²) in [6.07, 6.45) is 2.65. The Morgan fingerprint density at radius 2 is 1.78 bits per heavy atom. The molecule has 0 radical (unpaired) electrons. The third-order valence-electron chi connectivity index (χ3n) is 6.37. The van der Waals surface area contributed by atoms with Gasteiger partial charge in [0.2, 0.25) is 0 Å². The molecule has 3 N–H and O–H groups in total. The monoisotopic (exact) mass is 557 g/mol. The zero-order chi connectivity index (χ0) is 28.9. The van der Waals surface area contributed by atoms with Crippen molar-refractivity contribution in [3.63, 3.8) is 0 Å². The second-order valence-corrected chi connectivity index (χ2v) is 8.88. The van der Waals surface area contributed by atoms with Crippen LogP contribution in [0.3, 0.4) is 0 Å². The Morgan fingerprint density at radius 3 is 2.51 bits per heavy atom. The van der Waals surface area contributed by atoms with Crippen LogP contribution in [0.4, 0.5) is 24.8 Å². The number of nitrogens with zero attached hydrogens (tertiary/aromatic N) is 5. The quantitative estimate of drug-likeness (QED) is 0.299. The van der Waals surface area contributed by atoms with E-state index in [1.54, 1.807) is 41.1 Å². The Morgan fingerprint density at radius 1 is 1.02 bits per heavy atom. The molecule has 1 aromatic carbocycles. The second-order valence-electron chi connectivity index (χ2n) is 8.88. The number of aromatic nitrogens is 5. The van der Waals surface area contributed by atoms with Gasteiger partial charge >= 0.3 is 11.9 Å². The number of anilines is 2. The van der Waals surface area contributed by atoms with Gasteiger partial charge in [-0.05, 0) is 42.5 Å². The number of hydrogen-bond acceptors (Lipinski definition) is 7. The number of benzene rings is 1. The summed E-state index contributed by atoms with van der Waals surface area (Å²) in [7, 11) is 0. The Kier molecular flexibility index (Phi) is 5.91. The van der Waals surface area contributed by atoms with Crippen LogP contribution in [0, 0.1) is 0 Å². The van der Waals surface area contributed by atoms with E-state index in [1.807, 2.05) is 0 Å². The Labute approximate surface area is 228 Å². The van der Waals surface area contributed by atoms with E-state index in [-0.39, 0.29) is 17.2 Å². The fourth-order valence-corrected chi connectivity index (χ4v) is 4.44. The first-order valence-corrected chi connectivity index (χ1v) is 12.0. The van der Waals surface area contributed by atoms with E-state index in [1.165, 1.54) is 28.8 Å². The van der Waals surface area contributed by atoms with E-state index in [4.69, 9.17) is 15.1 Å². The minimum atomic E-state index is -4.57. The summed E-state index contributed by atoms with van der Waals surface area (Å²) < 4.78 is 47.3. The largest absolute Gasteiger partial charge is 0.424 e. The molecule has 0 spiro atoms. The molecule has 0 saturated heterocycles. The molecule has 0 aliphatic rings. The van der Waals surface area contributed by atoms with Gasteiger partial charge in [0, 0.05) is 41.5 Å². The van der Waals surface area contributed by atoms with Gasteiger partial charge in [0.25, 0.3) is 5.91 Å². The van der Waals surface area contributed by atoms with Crippen LogP contribution in [0.25, 0.3) is 39.8 Å². The lowest BCUT2D eigenvalue weighted by molar-refractivity contribution is -0.137. The summed E-state index contributed by atoms with van der Waals surface area (Å²) in [5.41, 5.74) is 8.18. The van der Waals surface area contributed by atoms with Gasteiger partial charge in [-0.2, -0.15) is 13.2 Å². The van der Waals surface area contributed by atoms with Crippen molar-refractivity contribution >= 4 is 34.7 Å². The number of fused-ring (bicyclic) bond motifs is 2. The van der Waals surface area contributed by atoms with Crippen molar-refractivity contribution < 1.29 is 22.4 Å². The van der Waals surface area contributed by atoms with Crippen LogP contribution < -0.4 is 16.8 Å². The molecule has 10 nitrogen and oxygen atoms in total. The SMILES string of the molecule is C=Cc1oc(=O)n2cc(-c3nc(-c4ccc(C(=O)Nc5cc(C(F)(F)F)ccn5)cc4)c4c(N)nccn34)ccc12. The van der Waals surface area contributed by atoms with E-state index >= 15 is 0 Å². The molecule has 0 atom stereocenters. The standard InChI is InChI=1S/C28H18F3N7O3/c1-2-20-19-8-7-17(14-38(19)27(40)41-20)25-36-22(23-24(32)34-11-12-37(23)25)15-3-5-16(6-4-15)26(39)35-21-13-18(9-10-33-21)28(29,30)31/h2-14H,1H2,(H2,32,34)(H,33,35,39). The van der Waals surface area contributed by atoms with E-state index in [0.717, 1.165) is 18.3 Å². The number of imidazole rings is 1. The number of rotatable bonds is 5. The number of hydrogen-bond donors (Lipinski definition) is 2. The number of halogens is 3. The molecule has 41 heavy (non-hydrogen) atoms. The van der Waals surface area contributed by atoms with E-state index in [2.05, 4.69) is 21.9 Å². The summed E-state index contributed by atoms with van der Waals surface area (Å²) in [6.45, 7) is 3.66. The van der Waals surface area contributed by atoms with Crippen molar-refractivity contribution in [1.82, 2.24) is 23.8 Å². The van der Waals surface area contributed by atoms with Crippen LogP contribution in [-0.2, 0) is 6.18 Å². The minimum Gasteiger partial charge on any atom is -0.407 e. The first-order chi connectivity index (χ1) is 19.6. The third-order valence-corrected chi connectivity index (χ3v) is 6.37. The molecule has 204 valence electrons. The third kappa shape index (κ3) is 4.48. The van der Waals surface area contributed by atoms with Crippen LogP contribution in [0.15, 0.2) is 89.1 Å². The lowest BCUT2D eigenvalue weighted by atomic mass is 10.1. The van der Waals surface area contributed by atoms with Gasteiger partial charge in [-0.15, -0.1) is 0 Å². The van der Waals surface area contributed by atoms with Crippen molar-refractivity contribution in [3.05, 3.63) is 107 Å². The topological polar surface area (TPSA) is 133 Å². The highest BCUT2D eigenvalue weighted by Crippen LogP contribution is 2.33. The van der Waals surface area contributed by atoms with Gasteiger partial charge in [0.1, 0.15) is 28.7 Å². The predicted octanol–water partition coefficient (Wildman–Crippen LogP) is 5.16. The van der Waals surface area contributed by atoms with Gasteiger partial charge in [-0.1, -0.05) is 18.7 Å². The van der Waals surface area contributed by atoms with Crippen LogP contribution in [0.2, 0.25) is 0 Å². The maximum atomic E-state index is 13.0. The molecule has 6 aromatic rings. The van der Waals surface area contributed by atoms with Crippen LogP contribution in [0.1, 0.15) is 21.7 Å². The molecule has 6 rings (SSSR count). The van der Waals surface area contributed by atoms with Crippen molar-refractivity contribution in [2.75, 3.05) is 11.1 Å². The van der Waals surface area contributed by atoms with Gasteiger partial charge in [0.05, 0.1) is 11.1 Å². The Bertz CT molecular complexity index is 2040. The number of oxazole rings is 1. The van der Waals surface area contributed by atoms with Crippen molar-refractivity contribution in [1.29, 1.82) is 0 Å². The molecule has 0 unspecified atom stereocenters. The van der Waals surface area contributed by atoms with E-state index < -0.39 is 23.4 Å². The van der Waals surface area contributed by atoms with Gasteiger partial charge in [0.15, 0.2) is 5.76 Å². The summed E-state index contributed by atoms with van der Waals surface area (Å²) in [6, 6.07) is 11.3. The normalized spacial score (nSPS) is 11.7. The number of carbonyl (C=O) groups excluding carboxylic acids is 1. The van der Waals surface area contributed by atoms with Crippen LogP contribution in [0.5, 0.6) is 0 Å². The molecular weight excluding hydrogens is 539 g/mol. The number of carbonyl (C=O) groups is 1. The number of nitrogen functional groups attached to an aromatic ring is 1. The van der Waals surface area contributed by atoms with Crippen LogP contribution in [-0.4, -0.2) is 29.7 Å². The Hall–Kier alpha value is -5.72. The highest BCUT2D eigenvalue weighted by atomic mass is 19.4. The fourth-order valence-electron chi connectivity index (χ4n) is 4.44. The van der Waals surface area contributed by atoms with Crippen LogP contribution >= 0.6 is 0 Å². The zero-order valence-corrected chi connectivity index (χ0v) is 20.9. The summed E-state index contributed by atoms with van der Waals surface area (Å²) in [5, 5.41) is 2.38. The summed E-state index contributed by atoms with van der Waals surface area (Å²) in [5.74, 6) is -0.431. The first-order valence-electron chi connectivity index (χ1n) is 12.0. The smallest absolute Gasteiger partial charge is 0.407 e. The molecular formula is C28H18F3N7O3. The highest BCUT2D eigenvalue weighted by molar-refractivity contribution is 6.04. The first kappa shape index (κ1) is 25.6. The number of amides is 1. The van der Waals surface area contributed by atoms with Gasteiger partial charge in [-0.3, -0.25) is 9.20 Å². The molecule has 0 fully saturated rings. The lowest BCUT2D eigenvalue weighted by Gasteiger charge is -2.09. The molecule has 1 amide bonds. The predicted molar refractivity (Wildman–Crippen MR) is 145 cm³/mol. The summed E-state index contributed by atoms with van der Waals surface area (Å²) in [4.78, 5) is 37.8. The molecule has 0 aliphatic heterocycles. The molecule has 0 saturated carbocycles. The average molecular weight is 557 g/mol. The maximum Gasteiger partial charge on any atom is 0.424 e. The van der Waals surface area contributed by atoms with E-state index in [9.17, 15) is 22.8 Å². The van der Waals surface area contributed by atoms with Crippen molar-refractivity contribution in [2.24, 2.45) is 0 Å². The number of pyridine rings is 2. The zero-order valence-electron chi connectivity index (χ0n) is 20.9. The minimum absolute atomic E-state index is 0.186. The fraction of sp³-hybridized carbons (Fsp3) is 0.0357. The van der Waals surface area contributed by atoms with Crippen molar-refractivity contribution in [2.45, 2.75) is 6.18 Å². The maximum absolute atomic E-state index is 13.0. The highest BCUT2D eigenvalue weighted by Gasteiger charge is 2.31. The van der Waals surface area contributed by atoms with Gasteiger partial charge in [-0.25, -0.2) is 24.1 Å². The second kappa shape index (κ2) is 9.48. The number of nitrogens with two attached hydrogens (primary N) is 1. The summed E-state index contributed by atoms with van der Waals surface area (Å²) >= 11 is 0. The molecule has 0 aliphatic carbocycles. The number of nitrogens with one attached hydrogen (secondary N) is 1. The Balaban J connectivity index is 1.36. The van der Waals surface area contributed by atoms with Gasteiger partial charge < -0.3 is 15.5 Å². The average Bonchev–Trinajstić information content (AvgIpc) is 3.51. The molecule has 13 heteroatoms. The molecule has 0 bridgehead atoms.